The normalized spacial score (nSPS) is 21.5. The molecule has 124 valence electrons. The van der Waals surface area contributed by atoms with E-state index in [4.69, 9.17) is 29.2 Å². The third kappa shape index (κ3) is 3.29. The lowest BCUT2D eigenvalue weighted by Gasteiger charge is -2.10. The fourth-order valence-corrected chi connectivity index (χ4v) is 4.27. The van der Waals surface area contributed by atoms with Crippen LogP contribution in [0, 0.1) is 0 Å². The molecular formula is C13H10N4O3S4. The topological polar surface area (TPSA) is 74.6 Å². The molecular weight excluding hydrogens is 388 g/mol. The van der Waals surface area contributed by atoms with Gasteiger partial charge in [0.15, 0.2) is 8.64 Å². The highest BCUT2D eigenvalue weighted by Crippen LogP contribution is 2.40. The lowest BCUT2D eigenvalue weighted by molar-refractivity contribution is -0.128. The zero-order chi connectivity index (χ0) is 17.3. The maximum absolute atomic E-state index is 12.5. The van der Waals surface area contributed by atoms with Crippen LogP contribution in [0.25, 0.3) is 0 Å². The molecule has 0 aliphatic carbocycles. The van der Waals surface area contributed by atoms with Crippen LogP contribution in [-0.2, 0) is 9.59 Å². The van der Waals surface area contributed by atoms with Gasteiger partial charge < -0.3 is 4.74 Å². The smallest absolute Gasteiger partial charge is 0.268 e. The number of hydrogen-bond acceptors (Lipinski definition) is 9. The van der Waals surface area contributed by atoms with Crippen molar-refractivity contribution in [3.05, 3.63) is 29.8 Å². The number of ether oxygens (including phenoxy) is 1. The van der Waals surface area contributed by atoms with Crippen LogP contribution < -0.4 is 4.74 Å². The average Bonchev–Trinajstić information content (AvgIpc) is 3.05. The van der Waals surface area contributed by atoms with E-state index in [9.17, 15) is 9.59 Å². The summed E-state index contributed by atoms with van der Waals surface area (Å²) in [6.45, 7) is 0. The zero-order valence-electron chi connectivity index (χ0n) is 12.2. The first-order chi connectivity index (χ1) is 11.5. The molecule has 2 fully saturated rings. The molecule has 2 amide bonds. The van der Waals surface area contributed by atoms with E-state index < -0.39 is 5.25 Å². The van der Waals surface area contributed by atoms with Crippen molar-refractivity contribution in [2.75, 3.05) is 12.9 Å². The molecule has 7 nitrogen and oxygen atoms in total. The van der Waals surface area contributed by atoms with Gasteiger partial charge in [0.25, 0.3) is 11.8 Å². The molecule has 2 heterocycles. The summed E-state index contributed by atoms with van der Waals surface area (Å²) in [6, 6.07) is 7.14. The average molecular weight is 399 g/mol. The fraction of sp³-hybridized carbons (Fsp3) is 0.231. The second kappa shape index (κ2) is 7.13. The summed E-state index contributed by atoms with van der Waals surface area (Å²) in [5.74, 6) is 0.334. The molecule has 1 aromatic rings. The zero-order valence-corrected chi connectivity index (χ0v) is 15.5. The number of carbonyl (C=O) groups is 2. The third-order valence-corrected chi connectivity index (χ3v) is 6.07. The van der Waals surface area contributed by atoms with E-state index in [-0.39, 0.29) is 21.9 Å². The van der Waals surface area contributed by atoms with Gasteiger partial charge in [0, 0.05) is 0 Å². The van der Waals surface area contributed by atoms with Crippen LogP contribution in [0.15, 0.2) is 34.7 Å². The maximum atomic E-state index is 12.5. The maximum Gasteiger partial charge on any atom is 0.268 e. The van der Waals surface area contributed by atoms with Crippen molar-refractivity contribution in [1.29, 1.82) is 0 Å². The summed E-state index contributed by atoms with van der Waals surface area (Å²) in [4.78, 5) is 24.1. The van der Waals surface area contributed by atoms with Crippen molar-refractivity contribution in [2.24, 2.45) is 10.4 Å². The van der Waals surface area contributed by atoms with Gasteiger partial charge >= 0.3 is 0 Å². The van der Waals surface area contributed by atoms with Gasteiger partial charge in [0.1, 0.15) is 11.0 Å². The Hall–Kier alpha value is -1.56. The monoisotopic (exact) mass is 398 g/mol. The standard InChI is InChI=1S/C13H10N4O3S4/c1-20-8-4-2-7(3-5-8)10-11(19)17(13(22)24-10)15-14-16-9(18)6-23-12(16)21/h2-5,10H,6H2,1H3. The number of thiocarbonyl (C=S) groups is 2. The van der Waals surface area contributed by atoms with Crippen molar-refractivity contribution in [3.63, 3.8) is 0 Å². The second-order valence-corrected chi connectivity index (χ2v) is 7.97. The Morgan fingerprint density at radius 2 is 1.79 bits per heavy atom. The van der Waals surface area contributed by atoms with E-state index in [1.807, 2.05) is 0 Å². The van der Waals surface area contributed by atoms with Crippen LogP contribution in [-0.4, -0.2) is 43.3 Å². The molecule has 1 atom stereocenters. The number of thioether (sulfide) groups is 2. The number of carbonyl (C=O) groups excluding carboxylic acids is 2. The van der Waals surface area contributed by atoms with Crippen LogP contribution in [0.4, 0.5) is 0 Å². The number of rotatable bonds is 4. The van der Waals surface area contributed by atoms with E-state index in [2.05, 4.69) is 10.4 Å². The second-order valence-electron chi connectivity index (χ2n) is 4.63. The van der Waals surface area contributed by atoms with E-state index >= 15 is 0 Å². The number of amides is 2. The quantitative estimate of drug-likeness (QED) is 0.570. The van der Waals surface area contributed by atoms with Crippen molar-refractivity contribution in [1.82, 2.24) is 10.0 Å². The minimum absolute atomic E-state index is 0.222. The van der Waals surface area contributed by atoms with Gasteiger partial charge in [-0.25, -0.2) is 0 Å². The van der Waals surface area contributed by atoms with E-state index in [1.54, 1.807) is 31.4 Å². The van der Waals surface area contributed by atoms with Gasteiger partial charge in [0.2, 0.25) is 0 Å². The first-order valence-corrected chi connectivity index (χ1v) is 9.29. The molecule has 0 aromatic heterocycles. The molecule has 0 spiro atoms. The Kier molecular flexibility index (Phi) is 5.13. The molecule has 0 N–H and O–H groups in total. The molecule has 3 rings (SSSR count). The van der Waals surface area contributed by atoms with Crippen LogP contribution in [0.3, 0.4) is 0 Å². The van der Waals surface area contributed by atoms with Crippen molar-refractivity contribution < 1.29 is 14.3 Å². The lowest BCUT2D eigenvalue weighted by atomic mass is 10.1. The molecule has 24 heavy (non-hydrogen) atoms. The summed E-state index contributed by atoms with van der Waals surface area (Å²) in [7, 11) is 1.57. The molecule has 0 radical (unpaired) electrons. The molecule has 1 unspecified atom stereocenters. The first kappa shape index (κ1) is 17.3. The van der Waals surface area contributed by atoms with E-state index in [0.717, 1.165) is 15.6 Å². The third-order valence-electron chi connectivity index (χ3n) is 3.19. The summed E-state index contributed by atoms with van der Waals surface area (Å²) < 4.78 is 5.68. The molecule has 2 saturated heterocycles. The van der Waals surface area contributed by atoms with Crippen LogP contribution in [0.1, 0.15) is 10.8 Å². The van der Waals surface area contributed by atoms with Crippen LogP contribution in [0.5, 0.6) is 5.75 Å². The fourth-order valence-electron chi connectivity index (χ4n) is 1.99. The SMILES string of the molecule is COc1ccc(C2SC(=S)N(N=NN3C(=O)CSC3=S)C2=O)cc1. The highest BCUT2D eigenvalue weighted by atomic mass is 32.2. The molecule has 0 saturated carbocycles. The first-order valence-electron chi connectivity index (χ1n) is 6.61. The van der Waals surface area contributed by atoms with Gasteiger partial charge in [0.05, 0.1) is 12.9 Å². The van der Waals surface area contributed by atoms with Gasteiger partial charge in [-0.2, -0.15) is 10.0 Å². The van der Waals surface area contributed by atoms with Gasteiger partial charge in [-0.15, -0.1) is 0 Å². The van der Waals surface area contributed by atoms with E-state index in [0.29, 0.717) is 10.1 Å². The summed E-state index contributed by atoms with van der Waals surface area (Å²) in [5, 5.41) is 9.08. The highest BCUT2D eigenvalue weighted by Gasteiger charge is 2.39. The van der Waals surface area contributed by atoms with Gasteiger partial charge in [-0.05, 0) is 28.1 Å². The number of nitrogens with zero attached hydrogens (tertiary/aromatic N) is 4. The molecule has 0 bridgehead atoms. The van der Waals surface area contributed by atoms with Crippen molar-refractivity contribution in [3.8, 4) is 5.75 Å². The van der Waals surface area contributed by atoms with Gasteiger partial charge in [-0.1, -0.05) is 60.1 Å². The van der Waals surface area contributed by atoms with Crippen LogP contribution in [0.2, 0.25) is 0 Å². The molecule has 11 heteroatoms. The summed E-state index contributed by atoms with van der Waals surface area (Å²) >= 11 is 12.6. The summed E-state index contributed by atoms with van der Waals surface area (Å²) in [5.41, 5.74) is 0.786. The number of hydrogen-bond donors (Lipinski definition) is 0. The summed E-state index contributed by atoms with van der Waals surface area (Å²) in [6.07, 6.45) is 0. The lowest BCUT2D eigenvalue weighted by Crippen LogP contribution is -2.27. The van der Waals surface area contributed by atoms with Crippen molar-refractivity contribution in [2.45, 2.75) is 5.25 Å². The Morgan fingerprint density at radius 3 is 2.38 bits per heavy atom. The predicted octanol–water partition coefficient (Wildman–Crippen LogP) is 2.74. The minimum atomic E-state index is -0.502. The predicted molar refractivity (Wildman–Crippen MR) is 99.5 cm³/mol. The van der Waals surface area contributed by atoms with Crippen molar-refractivity contribution >= 4 is 68.4 Å². The molecule has 1 aromatic carbocycles. The number of benzene rings is 1. The van der Waals surface area contributed by atoms with Crippen LogP contribution >= 0.6 is 48.0 Å². The Balaban J connectivity index is 1.76. The number of methoxy groups -OCH3 is 1. The minimum Gasteiger partial charge on any atom is -0.497 e. The largest absolute Gasteiger partial charge is 0.497 e. The van der Waals surface area contributed by atoms with Gasteiger partial charge in [-0.3, -0.25) is 9.59 Å². The Bertz CT molecular complexity index is 736. The highest BCUT2D eigenvalue weighted by molar-refractivity contribution is 8.24. The van der Waals surface area contributed by atoms with E-state index in [1.165, 1.54) is 23.5 Å². The Morgan fingerprint density at radius 1 is 1.12 bits per heavy atom. The Labute approximate surface area is 156 Å². The molecule has 2 aliphatic heterocycles. The molecule has 2 aliphatic rings.